The summed E-state index contributed by atoms with van der Waals surface area (Å²) in [5, 5.41) is -0.493. The number of likely N-dealkylation sites (N-methyl/N-ethyl adjacent to an activating group) is 1. The van der Waals surface area contributed by atoms with E-state index in [1.54, 1.807) is 4.31 Å². The molecule has 1 fully saturated rings. The highest BCUT2D eigenvalue weighted by molar-refractivity contribution is 7.89. The molecule has 0 amide bonds. The number of hydrogen-bond donors (Lipinski definition) is 1. The second kappa shape index (κ2) is 6.87. The van der Waals surface area contributed by atoms with Crippen molar-refractivity contribution in [2.24, 2.45) is 5.73 Å². The lowest BCUT2D eigenvalue weighted by molar-refractivity contribution is 0.159. The summed E-state index contributed by atoms with van der Waals surface area (Å²) in [6.45, 7) is 4.04. The summed E-state index contributed by atoms with van der Waals surface area (Å²) in [7, 11) is -1.34. The highest BCUT2D eigenvalue weighted by Crippen LogP contribution is 2.29. The smallest absolute Gasteiger partial charge is 0.218 e. The van der Waals surface area contributed by atoms with Crippen LogP contribution in [0, 0.1) is 0 Å². The SMILES string of the molecule is CCC(CN)S(=O)(=O)N1CCN(C)CC1c1ccccc1. The van der Waals surface area contributed by atoms with E-state index in [1.165, 1.54) is 0 Å². The van der Waals surface area contributed by atoms with Crippen molar-refractivity contribution < 1.29 is 8.42 Å². The van der Waals surface area contributed by atoms with E-state index in [0.29, 0.717) is 19.5 Å². The van der Waals surface area contributed by atoms with Gasteiger partial charge in [0.1, 0.15) is 0 Å². The van der Waals surface area contributed by atoms with Gasteiger partial charge in [-0.2, -0.15) is 4.31 Å². The summed E-state index contributed by atoms with van der Waals surface area (Å²) in [6, 6.07) is 9.72. The third-order valence-electron chi connectivity index (χ3n) is 4.19. The van der Waals surface area contributed by atoms with Gasteiger partial charge in [-0.05, 0) is 19.0 Å². The molecule has 0 spiro atoms. The lowest BCUT2D eigenvalue weighted by atomic mass is 10.1. The van der Waals surface area contributed by atoms with Crippen LogP contribution in [0.15, 0.2) is 30.3 Å². The van der Waals surface area contributed by atoms with Crippen molar-refractivity contribution in [3.8, 4) is 0 Å². The molecule has 1 aliphatic heterocycles. The summed E-state index contributed by atoms with van der Waals surface area (Å²) in [5.41, 5.74) is 6.71. The molecule has 6 heteroatoms. The second-order valence-corrected chi connectivity index (χ2v) is 7.78. The molecule has 1 saturated heterocycles. The first kappa shape index (κ1) is 16.4. The molecule has 1 aliphatic rings. The normalized spacial score (nSPS) is 23.1. The van der Waals surface area contributed by atoms with Gasteiger partial charge in [-0.3, -0.25) is 0 Å². The average molecular weight is 311 g/mol. The van der Waals surface area contributed by atoms with Crippen molar-refractivity contribution in [2.45, 2.75) is 24.6 Å². The summed E-state index contributed by atoms with van der Waals surface area (Å²) in [5.74, 6) is 0. The van der Waals surface area contributed by atoms with Gasteiger partial charge in [-0.15, -0.1) is 0 Å². The van der Waals surface area contributed by atoms with Gasteiger partial charge in [0.25, 0.3) is 0 Å². The van der Waals surface area contributed by atoms with Crippen LogP contribution in [-0.2, 0) is 10.0 Å². The molecule has 1 aromatic carbocycles. The zero-order valence-electron chi connectivity index (χ0n) is 12.8. The Morgan fingerprint density at radius 3 is 2.52 bits per heavy atom. The van der Waals surface area contributed by atoms with Gasteiger partial charge in [0.05, 0.1) is 11.3 Å². The van der Waals surface area contributed by atoms with E-state index in [-0.39, 0.29) is 12.6 Å². The Labute approximate surface area is 127 Å². The van der Waals surface area contributed by atoms with E-state index < -0.39 is 15.3 Å². The van der Waals surface area contributed by atoms with Crippen molar-refractivity contribution in [3.63, 3.8) is 0 Å². The Hall–Kier alpha value is -0.950. The van der Waals surface area contributed by atoms with Crippen molar-refractivity contribution in [1.82, 2.24) is 9.21 Å². The Morgan fingerprint density at radius 1 is 1.29 bits per heavy atom. The zero-order valence-corrected chi connectivity index (χ0v) is 13.6. The first-order valence-corrected chi connectivity index (χ1v) is 8.95. The molecule has 2 rings (SSSR count). The van der Waals surface area contributed by atoms with E-state index in [4.69, 9.17) is 5.73 Å². The second-order valence-electron chi connectivity index (χ2n) is 5.61. The van der Waals surface area contributed by atoms with Crippen LogP contribution in [0.25, 0.3) is 0 Å². The first-order chi connectivity index (χ1) is 10.0. The number of nitrogens with zero attached hydrogens (tertiary/aromatic N) is 2. The van der Waals surface area contributed by atoms with Crippen LogP contribution in [0.2, 0.25) is 0 Å². The molecule has 118 valence electrons. The van der Waals surface area contributed by atoms with Gasteiger partial charge in [-0.1, -0.05) is 37.3 Å². The van der Waals surface area contributed by atoms with Crippen LogP contribution >= 0.6 is 0 Å². The lowest BCUT2D eigenvalue weighted by Crippen LogP contribution is -2.52. The standard InChI is InChI=1S/C15H25N3O2S/c1-3-14(11-16)21(19,20)18-10-9-17(2)12-15(18)13-7-5-4-6-8-13/h4-8,14-15H,3,9-12,16H2,1-2H3. The maximum absolute atomic E-state index is 12.9. The molecule has 1 heterocycles. The number of piperazine rings is 1. The first-order valence-electron chi connectivity index (χ1n) is 7.45. The molecular formula is C15H25N3O2S. The maximum atomic E-state index is 12.9. The van der Waals surface area contributed by atoms with Gasteiger partial charge in [0, 0.05) is 26.2 Å². The molecule has 0 aliphatic carbocycles. The van der Waals surface area contributed by atoms with Crippen molar-refractivity contribution in [3.05, 3.63) is 35.9 Å². The molecular weight excluding hydrogens is 286 g/mol. The van der Waals surface area contributed by atoms with Gasteiger partial charge in [0.2, 0.25) is 10.0 Å². The van der Waals surface area contributed by atoms with Crippen LogP contribution in [0.1, 0.15) is 24.9 Å². The van der Waals surface area contributed by atoms with Gasteiger partial charge in [-0.25, -0.2) is 8.42 Å². The van der Waals surface area contributed by atoms with Crippen LogP contribution in [-0.4, -0.2) is 56.1 Å². The molecule has 1 aromatic rings. The van der Waals surface area contributed by atoms with Gasteiger partial charge < -0.3 is 10.6 Å². The third-order valence-corrected chi connectivity index (χ3v) is 6.64. The minimum absolute atomic E-state index is 0.129. The monoisotopic (exact) mass is 311 g/mol. The minimum atomic E-state index is -3.36. The van der Waals surface area contributed by atoms with Crippen molar-refractivity contribution >= 4 is 10.0 Å². The molecule has 5 nitrogen and oxygen atoms in total. The Morgan fingerprint density at radius 2 is 1.95 bits per heavy atom. The molecule has 0 bridgehead atoms. The predicted octanol–water partition coefficient (Wildman–Crippen LogP) is 1.04. The molecule has 0 saturated carbocycles. The van der Waals surface area contributed by atoms with Gasteiger partial charge in [0.15, 0.2) is 0 Å². The summed E-state index contributed by atoms with van der Waals surface area (Å²) < 4.78 is 27.4. The van der Waals surface area contributed by atoms with Gasteiger partial charge >= 0.3 is 0 Å². The fourth-order valence-corrected chi connectivity index (χ4v) is 4.77. The minimum Gasteiger partial charge on any atom is -0.329 e. The average Bonchev–Trinajstić information content (AvgIpc) is 2.48. The predicted molar refractivity (Wildman–Crippen MR) is 85.4 cm³/mol. The Balaban J connectivity index is 2.35. The quantitative estimate of drug-likeness (QED) is 0.882. The zero-order chi connectivity index (χ0) is 15.5. The van der Waals surface area contributed by atoms with E-state index in [9.17, 15) is 8.42 Å². The number of nitrogens with two attached hydrogens (primary N) is 1. The summed E-state index contributed by atoms with van der Waals surface area (Å²) in [6.07, 6.45) is 0.548. The molecule has 21 heavy (non-hydrogen) atoms. The highest BCUT2D eigenvalue weighted by Gasteiger charge is 2.38. The molecule has 2 N–H and O–H groups in total. The molecule has 2 unspecified atom stereocenters. The number of benzene rings is 1. The fraction of sp³-hybridized carbons (Fsp3) is 0.600. The van der Waals surface area contributed by atoms with E-state index in [1.807, 2.05) is 44.3 Å². The molecule has 0 aromatic heterocycles. The van der Waals surface area contributed by atoms with Crippen LogP contribution in [0.4, 0.5) is 0 Å². The van der Waals surface area contributed by atoms with E-state index in [0.717, 1.165) is 12.1 Å². The topological polar surface area (TPSA) is 66.6 Å². The third kappa shape index (κ3) is 3.45. The Bertz CT molecular complexity index is 543. The maximum Gasteiger partial charge on any atom is 0.218 e. The Kier molecular flexibility index (Phi) is 5.37. The van der Waals surface area contributed by atoms with Crippen molar-refractivity contribution in [2.75, 3.05) is 33.2 Å². The highest BCUT2D eigenvalue weighted by atomic mass is 32.2. The summed E-state index contributed by atoms with van der Waals surface area (Å²) >= 11 is 0. The largest absolute Gasteiger partial charge is 0.329 e. The number of hydrogen-bond acceptors (Lipinski definition) is 4. The van der Waals surface area contributed by atoms with Crippen LogP contribution in [0.3, 0.4) is 0 Å². The number of sulfonamides is 1. The van der Waals surface area contributed by atoms with Crippen LogP contribution in [0.5, 0.6) is 0 Å². The van der Waals surface area contributed by atoms with Crippen molar-refractivity contribution in [1.29, 1.82) is 0 Å². The molecule has 0 radical (unpaired) electrons. The van der Waals surface area contributed by atoms with E-state index >= 15 is 0 Å². The molecule has 2 atom stereocenters. The fourth-order valence-electron chi connectivity index (χ4n) is 2.84. The summed E-state index contributed by atoms with van der Waals surface area (Å²) in [4.78, 5) is 2.17. The number of rotatable bonds is 5. The van der Waals surface area contributed by atoms with Crippen LogP contribution < -0.4 is 5.73 Å². The van der Waals surface area contributed by atoms with E-state index in [2.05, 4.69) is 4.90 Å². The lowest BCUT2D eigenvalue weighted by Gasteiger charge is -2.40.